The lowest BCUT2D eigenvalue weighted by atomic mass is 9.78. The zero-order chi connectivity index (χ0) is 13.5. The summed E-state index contributed by atoms with van der Waals surface area (Å²) in [6, 6.07) is 2.27. The van der Waals surface area contributed by atoms with E-state index in [1.54, 1.807) is 0 Å². The molecular formula is C14H16BrClF2. The Hall–Kier alpha value is -0.150. The molecule has 1 fully saturated rings. The molecule has 1 aliphatic rings. The van der Waals surface area contributed by atoms with Gasteiger partial charge >= 0.3 is 0 Å². The molecule has 0 saturated heterocycles. The Kier molecular flexibility index (Phi) is 4.03. The molecule has 0 aliphatic heterocycles. The number of rotatable bonds is 2. The zero-order valence-electron chi connectivity index (χ0n) is 10.4. The van der Waals surface area contributed by atoms with Crippen LogP contribution in [0.2, 0.25) is 5.02 Å². The lowest BCUT2D eigenvalue weighted by Gasteiger charge is -2.31. The minimum atomic E-state index is -0.894. The van der Waals surface area contributed by atoms with Gasteiger partial charge < -0.3 is 0 Å². The zero-order valence-corrected chi connectivity index (χ0v) is 12.8. The standard InChI is InChI=1S/C14H16BrClF2/c1-14(2)5-3-4-9(14)13(15)8-6-11(17)12(18)7-10(8)16/h6-7,9,13H,3-5H2,1-2H3. The number of halogens is 4. The molecule has 2 rings (SSSR count). The van der Waals surface area contributed by atoms with Gasteiger partial charge in [-0.2, -0.15) is 0 Å². The monoisotopic (exact) mass is 336 g/mol. The Morgan fingerprint density at radius 2 is 1.94 bits per heavy atom. The Morgan fingerprint density at radius 1 is 1.33 bits per heavy atom. The largest absolute Gasteiger partial charge is 0.204 e. The first-order valence-electron chi connectivity index (χ1n) is 6.11. The van der Waals surface area contributed by atoms with Crippen LogP contribution >= 0.6 is 27.5 Å². The fourth-order valence-corrected chi connectivity index (χ4v) is 4.62. The van der Waals surface area contributed by atoms with E-state index in [4.69, 9.17) is 11.6 Å². The molecule has 2 unspecified atom stereocenters. The van der Waals surface area contributed by atoms with Crippen molar-refractivity contribution in [2.24, 2.45) is 11.3 Å². The van der Waals surface area contributed by atoms with Crippen LogP contribution in [0.4, 0.5) is 8.78 Å². The third-order valence-corrected chi connectivity index (χ3v) is 5.49. The highest BCUT2D eigenvalue weighted by atomic mass is 79.9. The molecule has 1 aromatic carbocycles. The number of hydrogen-bond donors (Lipinski definition) is 0. The van der Waals surface area contributed by atoms with Crippen molar-refractivity contribution in [2.75, 3.05) is 0 Å². The molecule has 0 bridgehead atoms. The van der Waals surface area contributed by atoms with Gasteiger partial charge in [0.05, 0.1) is 0 Å². The normalized spacial score (nSPS) is 24.2. The minimum absolute atomic E-state index is 0.0300. The second kappa shape index (κ2) is 5.09. The second-order valence-electron chi connectivity index (χ2n) is 5.68. The van der Waals surface area contributed by atoms with Crippen molar-refractivity contribution in [3.05, 3.63) is 34.4 Å². The molecule has 100 valence electrons. The second-order valence-corrected chi connectivity index (χ2v) is 7.07. The Bertz CT molecular complexity index is 459. The summed E-state index contributed by atoms with van der Waals surface area (Å²) in [5, 5.41) is 0.290. The van der Waals surface area contributed by atoms with Gasteiger partial charge in [0.15, 0.2) is 11.6 Å². The van der Waals surface area contributed by atoms with Gasteiger partial charge in [-0.3, -0.25) is 0 Å². The maximum absolute atomic E-state index is 13.3. The van der Waals surface area contributed by atoms with Gasteiger partial charge in [0.2, 0.25) is 0 Å². The summed E-state index contributed by atoms with van der Waals surface area (Å²) in [7, 11) is 0. The van der Waals surface area contributed by atoms with E-state index in [9.17, 15) is 8.78 Å². The lowest BCUT2D eigenvalue weighted by Crippen LogP contribution is -2.21. The van der Waals surface area contributed by atoms with Gasteiger partial charge in [0, 0.05) is 9.85 Å². The molecule has 2 atom stereocenters. The summed E-state index contributed by atoms with van der Waals surface area (Å²) in [6.45, 7) is 4.43. The van der Waals surface area contributed by atoms with Crippen molar-refractivity contribution < 1.29 is 8.78 Å². The Labute approximate surface area is 120 Å². The first-order valence-corrected chi connectivity index (χ1v) is 7.41. The highest BCUT2D eigenvalue weighted by Gasteiger charge is 2.39. The van der Waals surface area contributed by atoms with Crippen LogP contribution < -0.4 is 0 Å². The highest BCUT2D eigenvalue weighted by Crippen LogP contribution is 2.52. The molecule has 0 aromatic heterocycles. The summed E-state index contributed by atoms with van der Waals surface area (Å²) in [6.07, 6.45) is 3.40. The molecule has 0 spiro atoms. The van der Waals surface area contributed by atoms with Gasteiger partial charge in [-0.1, -0.05) is 47.8 Å². The quantitative estimate of drug-likeness (QED) is 0.467. The molecule has 0 nitrogen and oxygen atoms in total. The van der Waals surface area contributed by atoms with Crippen LogP contribution in [0.15, 0.2) is 12.1 Å². The van der Waals surface area contributed by atoms with Gasteiger partial charge in [-0.25, -0.2) is 8.78 Å². The molecule has 0 heterocycles. The minimum Gasteiger partial charge on any atom is -0.204 e. The molecule has 4 heteroatoms. The number of alkyl halides is 1. The molecular weight excluding hydrogens is 322 g/mol. The Balaban J connectivity index is 2.34. The summed E-state index contributed by atoms with van der Waals surface area (Å²) >= 11 is 9.66. The van der Waals surface area contributed by atoms with Crippen LogP contribution in [0.25, 0.3) is 0 Å². The van der Waals surface area contributed by atoms with Crippen molar-refractivity contribution in [3.8, 4) is 0 Å². The van der Waals surface area contributed by atoms with E-state index in [1.807, 2.05) is 0 Å². The smallest absolute Gasteiger partial charge is 0.160 e. The van der Waals surface area contributed by atoms with Gasteiger partial charge in [0.25, 0.3) is 0 Å². The number of benzene rings is 1. The predicted octanol–water partition coefficient (Wildman–Crippen LogP) is 5.88. The highest BCUT2D eigenvalue weighted by molar-refractivity contribution is 9.09. The summed E-state index contributed by atoms with van der Waals surface area (Å²) in [4.78, 5) is -0.0300. The van der Waals surface area contributed by atoms with E-state index in [1.165, 1.54) is 12.5 Å². The Morgan fingerprint density at radius 3 is 2.50 bits per heavy atom. The summed E-state index contributed by atoms with van der Waals surface area (Å²) in [5.74, 6) is -1.34. The van der Waals surface area contributed by atoms with E-state index in [0.29, 0.717) is 16.5 Å². The van der Waals surface area contributed by atoms with Crippen LogP contribution in [-0.4, -0.2) is 0 Å². The molecule has 0 radical (unpaired) electrons. The molecule has 1 aliphatic carbocycles. The van der Waals surface area contributed by atoms with Crippen LogP contribution in [0.5, 0.6) is 0 Å². The van der Waals surface area contributed by atoms with E-state index >= 15 is 0 Å². The lowest BCUT2D eigenvalue weighted by molar-refractivity contribution is 0.256. The predicted molar refractivity (Wildman–Crippen MR) is 74.2 cm³/mol. The average molecular weight is 338 g/mol. The average Bonchev–Trinajstić information content (AvgIpc) is 2.62. The van der Waals surface area contributed by atoms with Gasteiger partial charge in [-0.15, -0.1) is 0 Å². The first-order chi connectivity index (χ1) is 8.33. The summed E-state index contributed by atoms with van der Waals surface area (Å²) in [5.41, 5.74) is 0.845. The van der Waals surface area contributed by atoms with E-state index in [0.717, 1.165) is 18.9 Å². The number of hydrogen-bond acceptors (Lipinski definition) is 0. The van der Waals surface area contributed by atoms with Crippen LogP contribution in [0.1, 0.15) is 43.5 Å². The molecule has 1 saturated carbocycles. The van der Waals surface area contributed by atoms with E-state index in [-0.39, 0.29) is 10.2 Å². The third kappa shape index (κ3) is 2.57. The molecule has 0 N–H and O–H groups in total. The fourth-order valence-electron chi connectivity index (χ4n) is 2.86. The van der Waals surface area contributed by atoms with Crippen molar-refractivity contribution in [2.45, 2.75) is 37.9 Å². The van der Waals surface area contributed by atoms with Crippen LogP contribution in [-0.2, 0) is 0 Å². The van der Waals surface area contributed by atoms with Gasteiger partial charge in [-0.05, 0) is 41.9 Å². The van der Waals surface area contributed by atoms with Gasteiger partial charge in [0.1, 0.15) is 0 Å². The topological polar surface area (TPSA) is 0 Å². The SMILES string of the molecule is CC1(C)CCCC1C(Br)c1cc(F)c(F)cc1Cl. The first kappa shape index (κ1) is 14.3. The van der Waals surface area contributed by atoms with Crippen LogP contribution in [0, 0.1) is 23.0 Å². The van der Waals surface area contributed by atoms with E-state index < -0.39 is 11.6 Å². The van der Waals surface area contributed by atoms with E-state index in [2.05, 4.69) is 29.8 Å². The van der Waals surface area contributed by atoms with Crippen molar-refractivity contribution in [3.63, 3.8) is 0 Å². The molecule has 18 heavy (non-hydrogen) atoms. The van der Waals surface area contributed by atoms with Crippen molar-refractivity contribution in [1.82, 2.24) is 0 Å². The van der Waals surface area contributed by atoms with Crippen molar-refractivity contribution >= 4 is 27.5 Å². The maximum Gasteiger partial charge on any atom is 0.160 e. The van der Waals surface area contributed by atoms with Crippen molar-refractivity contribution in [1.29, 1.82) is 0 Å². The molecule has 0 amide bonds. The maximum atomic E-state index is 13.3. The fraction of sp³-hybridized carbons (Fsp3) is 0.571. The molecule has 1 aromatic rings. The summed E-state index contributed by atoms with van der Waals surface area (Å²) < 4.78 is 26.4. The van der Waals surface area contributed by atoms with Crippen LogP contribution in [0.3, 0.4) is 0 Å². The third-order valence-electron chi connectivity index (χ3n) is 4.03.